The molecule has 19 heavy (non-hydrogen) atoms. The number of nitrogens with one attached hydrogen (secondary N) is 1. The predicted molar refractivity (Wildman–Crippen MR) is 81.8 cm³/mol. The fraction of sp³-hybridized carbons (Fsp3) is 0.647. The molecule has 0 spiro atoms. The van der Waals surface area contributed by atoms with Crippen LogP contribution in [0.5, 0.6) is 0 Å². The predicted octanol–water partition coefficient (Wildman–Crippen LogP) is 4.30. The van der Waals surface area contributed by atoms with Crippen LogP contribution in [0.3, 0.4) is 0 Å². The summed E-state index contributed by atoms with van der Waals surface area (Å²) in [4.78, 5) is 0. The summed E-state index contributed by atoms with van der Waals surface area (Å²) in [5, 5.41) is 2.50. The standard InChI is InChI=1S/C17H28N2/c1-4-9-17(16-12-6-5-7-13-16)18-19-14(2)10-8-11-15(19)3/h5-7,12-15,17-18H,4,8-11H2,1-3H3. The van der Waals surface area contributed by atoms with Crippen molar-refractivity contribution in [3.8, 4) is 0 Å². The van der Waals surface area contributed by atoms with Crippen molar-refractivity contribution in [3.05, 3.63) is 35.9 Å². The molecule has 0 aromatic heterocycles. The summed E-state index contributed by atoms with van der Waals surface area (Å²) in [5.41, 5.74) is 5.22. The maximum absolute atomic E-state index is 3.81. The van der Waals surface area contributed by atoms with Crippen molar-refractivity contribution in [3.63, 3.8) is 0 Å². The van der Waals surface area contributed by atoms with Crippen LogP contribution in [0.4, 0.5) is 0 Å². The van der Waals surface area contributed by atoms with Crippen molar-refractivity contribution in [1.29, 1.82) is 0 Å². The molecule has 1 fully saturated rings. The first kappa shape index (κ1) is 14.5. The van der Waals surface area contributed by atoms with Gasteiger partial charge in [0.15, 0.2) is 0 Å². The molecule has 0 saturated carbocycles. The largest absolute Gasteiger partial charge is 0.247 e. The van der Waals surface area contributed by atoms with Crippen molar-refractivity contribution in [1.82, 2.24) is 10.4 Å². The Hall–Kier alpha value is -0.860. The molecule has 106 valence electrons. The van der Waals surface area contributed by atoms with Crippen LogP contribution in [0.1, 0.15) is 64.5 Å². The van der Waals surface area contributed by atoms with Gasteiger partial charge in [0.05, 0.1) is 0 Å². The lowest BCUT2D eigenvalue weighted by atomic mass is 9.98. The van der Waals surface area contributed by atoms with E-state index >= 15 is 0 Å². The van der Waals surface area contributed by atoms with Crippen LogP contribution in [-0.2, 0) is 0 Å². The molecule has 0 amide bonds. The second-order valence-corrected chi connectivity index (χ2v) is 5.92. The zero-order valence-corrected chi connectivity index (χ0v) is 12.6. The van der Waals surface area contributed by atoms with Gasteiger partial charge in [-0.1, -0.05) is 50.1 Å². The molecule has 1 saturated heterocycles. The van der Waals surface area contributed by atoms with Gasteiger partial charge in [0.1, 0.15) is 0 Å². The van der Waals surface area contributed by atoms with Crippen molar-refractivity contribution < 1.29 is 0 Å². The highest BCUT2D eigenvalue weighted by atomic mass is 15.5. The smallest absolute Gasteiger partial charge is 0.0464 e. The number of benzene rings is 1. The molecule has 1 N–H and O–H groups in total. The quantitative estimate of drug-likeness (QED) is 0.849. The highest BCUT2D eigenvalue weighted by molar-refractivity contribution is 5.18. The topological polar surface area (TPSA) is 15.3 Å². The molecule has 0 radical (unpaired) electrons. The Balaban J connectivity index is 2.07. The number of piperidine rings is 1. The maximum Gasteiger partial charge on any atom is 0.0464 e. The summed E-state index contributed by atoms with van der Waals surface area (Å²) in [6, 6.07) is 12.6. The van der Waals surface area contributed by atoms with Gasteiger partial charge in [-0.15, -0.1) is 0 Å². The summed E-state index contributed by atoms with van der Waals surface area (Å²) >= 11 is 0. The van der Waals surface area contributed by atoms with Gasteiger partial charge in [0, 0.05) is 18.1 Å². The van der Waals surface area contributed by atoms with Gasteiger partial charge in [0.2, 0.25) is 0 Å². The van der Waals surface area contributed by atoms with E-state index < -0.39 is 0 Å². The van der Waals surface area contributed by atoms with Crippen LogP contribution in [0, 0.1) is 0 Å². The van der Waals surface area contributed by atoms with Crippen LogP contribution >= 0.6 is 0 Å². The van der Waals surface area contributed by atoms with Gasteiger partial charge in [-0.2, -0.15) is 0 Å². The van der Waals surface area contributed by atoms with E-state index in [9.17, 15) is 0 Å². The zero-order valence-electron chi connectivity index (χ0n) is 12.6. The Morgan fingerprint density at radius 1 is 1.16 bits per heavy atom. The second kappa shape index (κ2) is 7.06. The first-order valence-electron chi connectivity index (χ1n) is 7.81. The minimum absolute atomic E-state index is 0.453. The molecule has 1 aromatic rings. The molecule has 3 atom stereocenters. The first-order chi connectivity index (χ1) is 9.22. The molecule has 1 aliphatic heterocycles. The van der Waals surface area contributed by atoms with Crippen molar-refractivity contribution >= 4 is 0 Å². The summed E-state index contributed by atoms with van der Waals surface area (Å²) in [6.45, 7) is 6.95. The Kier molecular flexibility index (Phi) is 5.41. The Morgan fingerprint density at radius 3 is 2.37 bits per heavy atom. The van der Waals surface area contributed by atoms with E-state index in [-0.39, 0.29) is 0 Å². The minimum atomic E-state index is 0.453. The average molecular weight is 260 g/mol. The third kappa shape index (κ3) is 3.80. The lowest BCUT2D eigenvalue weighted by Gasteiger charge is -2.41. The third-order valence-electron chi connectivity index (χ3n) is 4.28. The second-order valence-electron chi connectivity index (χ2n) is 5.92. The van der Waals surface area contributed by atoms with Gasteiger partial charge >= 0.3 is 0 Å². The van der Waals surface area contributed by atoms with E-state index in [1.807, 2.05) is 0 Å². The van der Waals surface area contributed by atoms with Gasteiger partial charge in [-0.05, 0) is 38.7 Å². The molecule has 1 aromatic carbocycles. The maximum atomic E-state index is 3.81. The number of hydrazine groups is 1. The Bertz CT molecular complexity index is 353. The molecular weight excluding hydrogens is 232 g/mol. The van der Waals surface area contributed by atoms with Crippen molar-refractivity contribution in [2.24, 2.45) is 0 Å². The fourth-order valence-corrected chi connectivity index (χ4v) is 3.14. The van der Waals surface area contributed by atoms with Gasteiger partial charge in [-0.3, -0.25) is 0 Å². The number of hydrogen-bond donors (Lipinski definition) is 1. The molecular formula is C17H28N2. The Morgan fingerprint density at radius 2 is 1.79 bits per heavy atom. The molecule has 1 aliphatic rings. The van der Waals surface area contributed by atoms with E-state index in [4.69, 9.17) is 0 Å². The normalized spacial score (nSPS) is 26.3. The van der Waals surface area contributed by atoms with Crippen LogP contribution in [0.25, 0.3) is 0 Å². The third-order valence-corrected chi connectivity index (χ3v) is 4.28. The molecule has 2 nitrogen and oxygen atoms in total. The molecule has 2 heteroatoms. The first-order valence-corrected chi connectivity index (χ1v) is 7.81. The number of rotatable bonds is 5. The minimum Gasteiger partial charge on any atom is -0.247 e. The fourth-order valence-electron chi connectivity index (χ4n) is 3.14. The Labute approximate surface area is 118 Å². The number of nitrogens with zero attached hydrogens (tertiary/aromatic N) is 1. The highest BCUT2D eigenvalue weighted by Gasteiger charge is 2.26. The summed E-state index contributed by atoms with van der Waals surface area (Å²) in [6.07, 6.45) is 6.39. The zero-order chi connectivity index (χ0) is 13.7. The molecule has 0 bridgehead atoms. The van der Waals surface area contributed by atoms with Crippen LogP contribution in [0.15, 0.2) is 30.3 Å². The van der Waals surface area contributed by atoms with E-state index in [2.05, 4.69) is 61.5 Å². The van der Waals surface area contributed by atoms with E-state index in [1.54, 1.807) is 0 Å². The highest BCUT2D eigenvalue weighted by Crippen LogP contribution is 2.25. The van der Waals surface area contributed by atoms with Crippen molar-refractivity contribution in [2.75, 3.05) is 0 Å². The lowest BCUT2D eigenvalue weighted by Crippen LogP contribution is -2.53. The van der Waals surface area contributed by atoms with E-state index in [1.165, 1.54) is 37.7 Å². The summed E-state index contributed by atoms with van der Waals surface area (Å²) in [7, 11) is 0. The molecule has 1 heterocycles. The van der Waals surface area contributed by atoms with Gasteiger partial charge in [0.25, 0.3) is 0 Å². The number of hydrogen-bond acceptors (Lipinski definition) is 2. The van der Waals surface area contributed by atoms with Crippen LogP contribution in [0.2, 0.25) is 0 Å². The van der Waals surface area contributed by atoms with Crippen LogP contribution in [-0.4, -0.2) is 17.1 Å². The molecule has 3 unspecified atom stereocenters. The molecule has 2 rings (SSSR count). The van der Waals surface area contributed by atoms with E-state index in [0.717, 1.165) is 0 Å². The summed E-state index contributed by atoms with van der Waals surface area (Å²) in [5.74, 6) is 0. The van der Waals surface area contributed by atoms with E-state index in [0.29, 0.717) is 18.1 Å². The molecule has 0 aliphatic carbocycles. The SMILES string of the molecule is CCCC(NN1C(C)CCCC1C)c1ccccc1. The van der Waals surface area contributed by atoms with Gasteiger partial charge in [-0.25, -0.2) is 10.4 Å². The average Bonchev–Trinajstić information content (AvgIpc) is 2.43. The summed E-state index contributed by atoms with van der Waals surface area (Å²) < 4.78 is 0. The van der Waals surface area contributed by atoms with Gasteiger partial charge < -0.3 is 0 Å². The van der Waals surface area contributed by atoms with Crippen LogP contribution < -0.4 is 5.43 Å². The monoisotopic (exact) mass is 260 g/mol. The lowest BCUT2D eigenvalue weighted by molar-refractivity contribution is 0.0274. The van der Waals surface area contributed by atoms with Crippen molar-refractivity contribution in [2.45, 2.75) is 71.0 Å².